The Hall–Kier alpha value is -1.84. The average molecular weight is 282 g/mol. The van der Waals surface area contributed by atoms with Gasteiger partial charge in [-0.05, 0) is 55.1 Å². The Morgan fingerprint density at radius 3 is 2.52 bits per heavy atom. The molecule has 2 aromatic carbocycles. The Balaban J connectivity index is 1.68. The van der Waals surface area contributed by atoms with Crippen LogP contribution in [-0.4, -0.2) is 13.1 Å². The third-order valence-corrected chi connectivity index (χ3v) is 3.82. The van der Waals surface area contributed by atoms with E-state index < -0.39 is 0 Å². The third-order valence-electron chi connectivity index (χ3n) is 3.82. The lowest BCUT2D eigenvalue weighted by Crippen LogP contribution is -2.29. The van der Waals surface area contributed by atoms with Gasteiger partial charge in [0.25, 0.3) is 0 Å². The molecule has 0 saturated heterocycles. The minimum absolute atomic E-state index is 0.199. The second-order valence-corrected chi connectivity index (χ2v) is 5.63. The highest BCUT2D eigenvalue weighted by molar-refractivity contribution is 5.35. The van der Waals surface area contributed by atoms with Crippen molar-refractivity contribution in [3.8, 4) is 11.5 Å². The van der Waals surface area contributed by atoms with Gasteiger partial charge in [-0.3, -0.25) is 0 Å². The van der Waals surface area contributed by atoms with Gasteiger partial charge in [0.05, 0.1) is 0 Å². The van der Waals surface area contributed by atoms with Gasteiger partial charge in [-0.2, -0.15) is 0 Å². The monoisotopic (exact) mass is 282 g/mol. The molecule has 0 amide bonds. The number of nitrogens with one attached hydrogen (secondary N) is 1. The van der Waals surface area contributed by atoms with Crippen LogP contribution in [0.3, 0.4) is 0 Å². The number of hydrogen-bond donors (Lipinski definition) is 2. The average Bonchev–Trinajstić information content (AvgIpc) is 3.34. The second-order valence-electron chi connectivity index (χ2n) is 5.63. The summed E-state index contributed by atoms with van der Waals surface area (Å²) in [5, 5.41) is 3.56. The summed E-state index contributed by atoms with van der Waals surface area (Å²) in [5.74, 6) is 2.55. The van der Waals surface area contributed by atoms with Gasteiger partial charge in [0.2, 0.25) is 0 Å². The maximum atomic E-state index is 5.91. The Labute approximate surface area is 126 Å². The highest BCUT2D eigenvalue weighted by atomic mass is 16.5. The van der Waals surface area contributed by atoms with Gasteiger partial charge >= 0.3 is 0 Å². The zero-order chi connectivity index (χ0) is 14.5. The maximum Gasteiger partial charge on any atom is 0.127 e. The summed E-state index contributed by atoms with van der Waals surface area (Å²) in [6.45, 7) is 1.66. The molecule has 110 valence electrons. The highest BCUT2D eigenvalue weighted by Gasteiger charge is 2.22. The SMILES string of the molecule is NCC(NCC1CC1)c1cccc(Oc2ccccc2)c1. The molecule has 0 aliphatic heterocycles. The summed E-state index contributed by atoms with van der Waals surface area (Å²) >= 11 is 0. The van der Waals surface area contributed by atoms with Crippen LogP contribution in [0.5, 0.6) is 11.5 Å². The van der Waals surface area contributed by atoms with Crippen molar-refractivity contribution < 1.29 is 4.74 Å². The molecule has 0 aromatic heterocycles. The number of para-hydroxylation sites is 1. The zero-order valence-electron chi connectivity index (χ0n) is 12.2. The number of nitrogens with two attached hydrogens (primary N) is 1. The zero-order valence-corrected chi connectivity index (χ0v) is 12.2. The van der Waals surface area contributed by atoms with E-state index in [1.807, 2.05) is 42.5 Å². The minimum atomic E-state index is 0.199. The molecule has 1 atom stereocenters. The fourth-order valence-electron chi connectivity index (χ4n) is 2.39. The summed E-state index contributed by atoms with van der Waals surface area (Å²) in [5.41, 5.74) is 7.10. The first-order valence-corrected chi connectivity index (χ1v) is 7.61. The normalized spacial score (nSPS) is 15.7. The summed E-state index contributed by atoms with van der Waals surface area (Å²) in [6, 6.07) is 18.2. The molecule has 0 radical (unpaired) electrons. The lowest BCUT2D eigenvalue weighted by molar-refractivity contribution is 0.477. The van der Waals surface area contributed by atoms with E-state index in [0.717, 1.165) is 24.0 Å². The first kappa shape index (κ1) is 14.1. The van der Waals surface area contributed by atoms with Crippen molar-refractivity contribution in [2.45, 2.75) is 18.9 Å². The number of hydrogen-bond acceptors (Lipinski definition) is 3. The van der Waals surface area contributed by atoms with Gasteiger partial charge in [-0.1, -0.05) is 30.3 Å². The van der Waals surface area contributed by atoms with Crippen molar-refractivity contribution in [2.24, 2.45) is 11.7 Å². The highest BCUT2D eigenvalue weighted by Crippen LogP contribution is 2.29. The Morgan fingerprint density at radius 1 is 1.05 bits per heavy atom. The van der Waals surface area contributed by atoms with Crippen molar-refractivity contribution >= 4 is 0 Å². The van der Waals surface area contributed by atoms with Crippen molar-refractivity contribution in [3.63, 3.8) is 0 Å². The largest absolute Gasteiger partial charge is 0.457 e. The molecule has 0 bridgehead atoms. The van der Waals surface area contributed by atoms with Crippen LogP contribution in [0.1, 0.15) is 24.4 Å². The molecule has 1 aliphatic carbocycles. The molecule has 3 rings (SSSR count). The lowest BCUT2D eigenvalue weighted by Gasteiger charge is -2.18. The van der Waals surface area contributed by atoms with E-state index in [2.05, 4.69) is 17.4 Å². The number of benzene rings is 2. The fraction of sp³-hybridized carbons (Fsp3) is 0.333. The Bertz CT molecular complexity index is 566. The molecule has 0 heterocycles. The molecule has 3 heteroatoms. The molecule has 21 heavy (non-hydrogen) atoms. The third kappa shape index (κ3) is 4.06. The van der Waals surface area contributed by atoms with E-state index >= 15 is 0 Å². The van der Waals surface area contributed by atoms with Crippen molar-refractivity contribution in [1.29, 1.82) is 0 Å². The molecule has 1 fully saturated rings. The van der Waals surface area contributed by atoms with Crippen LogP contribution < -0.4 is 15.8 Å². The molecule has 3 nitrogen and oxygen atoms in total. The Morgan fingerprint density at radius 2 is 1.81 bits per heavy atom. The summed E-state index contributed by atoms with van der Waals surface area (Å²) < 4.78 is 5.88. The van der Waals surface area contributed by atoms with Gasteiger partial charge in [-0.15, -0.1) is 0 Å². The predicted octanol–water partition coefficient (Wildman–Crippen LogP) is 3.48. The second kappa shape index (κ2) is 6.74. The molecular formula is C18H22N2O. The first-order chi connectivity index (χ1) is 10.3. The van der Waals surface area contributed by atoms with Crippen molar-refractivity contribution in [1.82, 2.24) is 5.32 Å². The molecule has 0 spiro atoms. The van der Waals surface area contributed by atoms with Crippen LogP contribution in [0, 0.1) is 5.92 Å². The van der Waals surface area contributed by atoms with Gasteiger partial charge in [0, 0.05) is 12.6 Å². The maximum absolute atomic E-state index is 5.91. The Kier molecular flexibility index (Phi) is 4.53. The fourth-order valence-corrected chi connectivity index (χ4v) is 2.39. The summed E-state index contributed by atoms with van der Waals surface area (Å²) in [6.07, 6.45) is 2.70. The number of rotatable bonds is 7. The standard InChI is InChI=1S/C18H22N2O/c19-12-18(20-13-14-9-10-14)15-5-4-8-17(11-15)21-16-6-2-1-3-7-16/h1-8,11,14,18,20H,9-10,12-13,19H2. The van der Waals surface area contributed by atoms with Crippen LogP contribution in [0.2, 0.25) is 0 Å². The van der Waals surface area contributed by atoms with E-state index in [9.17, 15) is 0 Å². The molecular weight excluding hydrogens is 260 g/mol. The molecule has 3 N–H and O–H groups in total. The van der Waals surface area contributed by atoms with Crippen molar-refractivity contribution in [2.75, 3.05) is 13.1 Å². The number of ether oxygens (including phenoxy) is 1. The smallest absolute Gasteiger partial charge is 0.127 e. The molecule has 1 unspecified atom stereocenters. The van der Waals surface area contributed by atoms with E-state index in [1.165, 1.54) is 18.4 Å². The van der Waals surface area contributed by atoms with Crippen LogP contribution in [0.25, 0.3) is 0 Å². The predicted molar refractivity (Wildman–Crippen MR) is 85.5 cm³/mol. The minimum Gasteiger partial charge on any atom is -0.457 e. The molecule has 1 aliphatic rings. The topological polar surface area (TPSA) is 47.3 Å². The van der Waals surface area contributed by atoms with Gasteiger partial charge in [0.1, 0.15) is 11.5 Å². The van der Waals surface area contributed by atoms with Gasteiger partial charge < -0.3 is 15.8 Å². The summed E-state index contributed by atoms with van der Waals surface area (Å²) in [7, 11) is 0. The molecule has 2 aromatic rings. The van der Waals surface area contributed by atoms with E-state index in [-0.39, 0.29) is 6.04 Å². The van der Waals surface area contributed by atoms with Gasteiger partial charge in [0.15, 0.2) is 0 Å². The van der Waals surface area contributed by atoms with E-state index in [1.54, 1.807) is 0 Å². The van der Waals surface area contributed by atoms with E-state index in [0.29, 0.717) is 6.54 Å². The van der Waals surface area contributed by atoms with Crippen molar-refractivity contribution in [3.05, 3.63) is 60.2 Å². The first-order valence-electron chi connectivity index (χ1n) is 7.61. The quantitative estimate of drug-likeness (QED) is 0.817. The summed E-state index contributed by atoms with van der Waals surface area (Å²) in [4.78, 5) is 0. The van der Waals surface area contributed by atoms with Crippen LogP contribution in [-0.2, 0) is 0 Å². The van der Waals surface area contributed by atoms with Gasteiger partial charge in [-0.25, -0.2) is 0 Å². The van der Waals surface area contributed by atoms with Crippen LogP contribution in [0.4, 0.5) is 0 Å². The van der Waals surface area contributed by atoms with Crippen LogP contribution >= 0.6 is 0 Å². The van der Waals surface area contributed by atoms with E-state index in [4.69, 9.17) is 10.5 Å². The lowest BCUT2D eigenvalue weighted by atomic mass is 10.1. The molecule has 1 saturated carbocycles. The van der Waals surface area contributed by atoms with Crippen LogP contribution in [0.15, 0.2) is 54.6 Å².